The number of anilines is 1. The Kier molecular flexibility index (Phi) is 8.16. The summed E-state index contributed by atoms with van der Waals surface area (Å²) < 4.78 is 18.6. The molecule has 3 heterocycles. The van der Waals surface area contributed by atoms with Crippen molar-refractivity contribution in [1.29, 1.82) is 0 Å². The molecule has 0 atom stereocenters. The lowest BCUT2D eigenvalue weighted by Gasteiger charge is -2.25. The van der Waals surface area contributed by atoms with Crippen LogP contribution in [0.2, 0.25) is 0 Å². The van der Waals surface area contributed by atoms with Gasteiger partial charge >= 0.3 is 0 Å². The number of rotatable bonds is 10. The third-order valence-electron chi connectivity index (χ3n) is 6.49. The Hall–Kier alpha value is -3.14. The zero-order valence-corrected chi connectivity index (χ0v) is 23.9. The van der Waals surface area contributed by atoms with Crippen molar-refractivity contribution in [3.63, 3.8) is 0 Å². The van der Waals surface area contributed by atoms with Crippen LogP contribution in [0.3, 0.4) is 0 Å². The van der Waals surface area contributed by atoms with Gasteiger partial charge in [-0.05, 0) is 63.6 Å². The normalized spacial score (nSPS) is 13.4. The molecule has 0 fully saturated rings. The van der Waals surface area contributed by atoms with E-state index in [0.717, 1.165) is 51.8 Å². The first-order valence-electron chi connectivity index (χ1n) is 13.2. The van der Waals surface area contributed by atoms with Gasteiger partial charge in [-0.2, -0.15) is 0 Å². The molecule has 0 saturated heterocycles. The molecule has 38 heavy (non-hydrogen) atoms. The van der Waals surface area contributed by atoms with Gasteiger partial charge in [0.2, 0.25) is 5.75 Å². The number of carbonyl (C=O) groups is 1. The minimum atomic E-state index is -0.219. The van der Waals surface area contributed by atoms with Crippen LogP contribution in [0.15, 0.2) is 36.4 Å². The fourth-order valence-electron chi connectivity index (χ4n) is 4.71. The van der Waals surface area contributed by atoms with E-state index in [-0.39, 0.29) is 5.91 Å². The van der Waals surface area contributed by atoms with E-state index in [4.69, 9.17) is 19.2 Å². The molecule has 5 rings (SSSR count). The highest BCUT2D eigenvalue weighted by molar-refractivity contribution is 7.23. The summed E-state index contributed by atoms with van der Waals surface area (Å²) in [5.41, 5.74) is 3.78. The van der Waals surface area contributed by atoms with Gasteiger partial charge in [0.05, 0.1) is 30.0 Å². The summed E-state index contributed by atoms with van der Waals surface area (Å²) >= 11 is 3.33. The lowest BCUT2D eigenvalue weighted by Crippen LogP contribution is -2.29. The number of benzene rings is 2. The predicted molar refractivity (Wildman–Crippen MR) is 155 cm³/mol. The van der Waals surface area contributed by atoms with Gasteiger partial charge in [0.1, 0.15) is 10.0 Å². The first-order valence-corrected chi connectivity index (χ1v) is 14.8. The Morgan fingerprint density at radius 1 is 1.00 bits per heavy atom. The fourth-order valence-corrected chi connectivity index (χ4v) is 7.11. The van der Waals surface area contributed by atoms with Gasteiger partial charge in [-0.3, -0.25) is 9.69 Å². The van der Waals surface area contributed by atoms with Gasteiger partial charge in [0.25, 0.3) is 5.91 Å². The second kappa shape index (κ2) is 11.7. The van der Waals surface area contributed by atoms with Gasteiger partial charge in [-0.15, -0.1) is 22.7 Å². The van der Waals surface area contributed by atoms with Crippen LogP contribution >= 0.6 is 22.7 Å². The standard InChI is InChI=1S/C29H33N3O4S2/c1-5-32-14-13-19-24(17-32)38-29(25(19)28-30-20-11-9-10-12-23(20)37-28)31-27(33)18-15-21(34-6-2)26(36-8-4)22(16-18)35-7-3/h9-12,15-16H,5-8,13-14,17H2,1-4H3,(H,31,33). The number of hydrogen-bond donors (Lipinski definition) is 1. The van der Waals surface area contributed by atoms with E-state index in [9.17, 15) is 4.79 Å². The van der Waals surface area contributed by atoms with Crippen LogP contribution in [0.4, 0.5) is 5.00 Å². The maximum absolute atomic E-state index is 13.7. The Balaban J connectivity index is 1.56. The van der Waals surface area contributed by atoms with Crippen LogP contribution in [0.5, 0.6) is 17.2 Å². The number of thiophene rings is 1. The third kappa shape index (κ3) is 5.23. The molecule has 9 heteroatoms. The third-order valence-corrected chi connectivity index (χ3v) is 8.68. The first-order chi connectivity index (χ1) is 18.6. The van der Waals surface area contributed by atoms with Crippen molar-refractivity contribution in [2.75, 3.05) is 38.2 Å². The average molecular weight is 552 g/mol. The largest absolute Gasteiger partial charge is 0.490 e. The van der Waals surface area contributed by atoms with Crippen molar-refractivity contribution in [3.8, 4) is 27.8 Å². The summed E-state index contributed by atoms with van der Waals surface area (Å²) in [5.74, 6) is 1.30. The van der Waals surface area contributed by atoms with E-state index in [1.54, 1.807) is 34.8 Å². The van der Waals surface area contributed by atoms with Crippen molar-refractivity contribution in [1.82, 2.24) is 9.88 Å². The number of fused-ring (bicyclic) bond motifs is 2. The van der Waals surface area contributed by atoms with E-state index in [0.29, 0.717) is 42.6 Å². The van der Waals surface area contributed by atoms with E-state index in [1.165, 1.54) is 10.4 Å². The zero-order chi connectivity index (χ0) is 26.6. The molecule has 0 saturated carbocycles. The van der Waals surface area contributed by atoms with Crippen LogP contribution in [0.1, 0.15) is 48.5 Å². The van der Waals surface area contributed by atoms with E-state index in [2.05, 4.69) is 23.2 Å². The number of hydrogen-bond acceptors (Lipinski definition) is 8. The summed E-state index contributed by atoms with van der Waals surface area (Å²) in [6, 6.07) is 11.6. The molecule has 0 bridgehead atoms. The van der Waals surface area contributed by atoms with Crippen molar-refractivity contribution in [3.05, 3.63) is 52.4 Å². The second-order valence-electron chi connectivity index (χ2n) is 8.87. The van der Waals surface area contributed by atoms with Gasteiger partial charge in [-0.1, -0.05) is 19.1 Å². The Morgan fingerprint density at radius 2 is 1.71 bits per heavy atom. The molecule has 0 unspecified atom stereocenters. The number of carbonyl (C=O) groups excluding carboxylic acids is 1. The van der Waals surface area contributed by atoms with Crippen LogP contribution < -0.4 is 19.5 Å². The number of likely N-dealkylation sites (N-methyl/N-ethyl adjacent to an activating group) is 1. The smallest absolute Gasteiger partial charge is 0.256 e. The zero-order valence-electron chi connectivity index (χ0n) is 22.3. The molecule has 0 spiro atoms. The lowest BCUT2D eigenvalue weighted by molar-refractivity contribution is 0.102. The summed E-state index contributed by atoms with van der Waals surface area (Å²) in [4.78, 5) is 22.4. The first kappa shape index (κ1) is 26.5. The topological polar surface area (TPSA) is 72.9 Å². The summed E-state index contributed by atoms with van der Waals surface area (Å²) in [7, 11) is 0. The lowest BCUT2D eigenvalue weighted by atomic mass is 10.0. The minimum absolute atomic E-state index is 0.219. The molecule has 4 aromatic rings. The SMILES string of the molecule is CCOc1cc(C(=O)Nc2sc3c(c2-c2nc4ccccc4s2)CCN(CC)C3)cc(OCC)c1OCC. The molecule has 0 radical (unpaired) electrons. The summed E-state index contributed by atoms with van der Waals surface area (Å²) in [6.07, 6.45) is 0.937. The maximum Gasteiger partial charge on any atom is 0.256 e. The summed E-state index contributed by atoms with van der Waals surface area (Å²) in [5, 5.41) is 5.01. The average Bonchev–Trinajstić information content (AvgIpc) is 3.50. The van der Waals surface area contributed by atoms with Crippen LogP contribution in [0, 0.1) is 0 Å². The highest BCUT2D eigenvalue weighted by Crippen LogP contribution is 2.46. The number of nitrogens with one attached hydrogen (secondary N) is 1. The van der Waals surface area contributed by atoms with Gasteiger partial charge < -0.3 is 19.5 Å². The van der Waals surface area contributed by atoms with E-state index >= 15 is 0 Å². The van der Waals surface area contributed by atoms with Crippen molar-refractivity contribution in [2.45, 2.75) is 40.7 Å². The quantitative estimate of drug-likeness (QED) is 0.232. The van der Waals surface area contributed by atoms with E-state index < -0.39 is 0 Å². The molecule has 1 aliphatic heterocycles. The number of amides is 1. The fraction of sp³-hybridized carbons (Fsp3) is 0.379. The predicted octanol–water partition coefficient (Wildman–Crippen LogP) is 6.85. The molecule has 1 amide bonds. The van der Waals surface area contributed by atoms with Crippen LogP contribution in [-0.4, -0.2) is 48.7 Å². The molecule has 7 nitrogen and oxygen atoms in total. The molecular formula is C29H33N3O4S2. The molecular weight excluding hydrogens is 518 g/mol. The molecule has 1 N–H and O–H groups in total. The molecule has 0 aliphatic carbocycles. The Morgan fingerprint density at radius 3 is 2.37 bits per heavy atom. The minimum Gasteiger partial charge on any atom is -0.490 e. The monoisotopic (exact) mass is 551 g/mol. The van der Waals surface area contributed by atoms with Crippen LogP contribution in [-0.2, 0) is 13.0 Å². The molecule has 200 valence electrons. The maximum atomic E-state index is 13.7. The summed E-state index contributed by atoms with van der Waals surface area (Å²) in [6.45, 7) is 12.2. The molecule has 2 aromatic heterocycles. The van der Waals surface area contributed by atoms with Crippen molar-refractivity contribution < 1.29 is 19.0 Å². The molecule has 1 aliphatic rings. The number of para-hydroxylation sites is 1. The number of nitrogens with zero attached hydrogens (tertiary/aromatic N) is 2. The Bertz CT molecular complexity index is 1390. The van der Waals surface area contributed by atoms with Gasteiger partial charge in [-0.25, -0.2) is 4.98 Å². The highest BCUT2D eigenvalue weighted by atomic mass is 32.1. The number of ether oxygens (including phenoxy) is 3. The van der Waals surface area contributed by atoms with Gasteiger partial charge in [0.15, 0.2) is 11.5 Å². The highest BCUT2D eigenvalue weighted by Gasteiger charge is 2.28. The van der Waals surface area contributed by atoms with Crippen LogP contribution in [0.25, 0.3) is 20.8 Å². The number of aromatic nitrogens is 1. The van der Waals surface area contributed by atoms with Crippen molar-refractivity contribution in [2.24, 2.45) is 0 Å². The van der Waals surface area contributed by atoms with Gasteiger partial charge in [0, 0.05) is 29.1 Å². The second-order valence-corrected chi connectivity index (χ2v) is 11.0. The number of thiazole rings is 1. The van der Waals surface area contributed by atoms with Crippen molar-refractivity contribution >= 4 is 43.8 Å². The van der Waals surface area contributed by atoms with E-state index in [1.807, 2.05) is 39.0 Å². The molecule has 2 aromatic carbocycles. The Labute approximate surface area is 231 Å².